The number of nitrogens with one attached hydrogen (secondary N) is 1. The average Bonchev–Trinajstić information content (AvgIpc) is 3.34. The molecular weight excluding hydrogens is 860 g/mol. The van der Waals surface area contributed by atoms with E-state index in [1.807, 2.05) is 60.7 Å². The summed E-state index contributed by atoms with van der Waals surface area (Å²) in [5.41, 5.74) is 5.34. The first-order chi connectivity index (χ1) is 31.2. The van der Waals surface area contributed by atoms with Gasteiger partial charge in [0.25, 0.3) is 0 Å². The minimum Gasteiger partial charge on any atom is -0.489 e. The smallest absolute Gasteiger partial charge is 0.337 e. The molecule has 8 rings (SSSR count). The largest absolute Gasteiger partial charge is 0.489 e. The fourth-order valence-corrected chi connectivity index (χ4v) is 8.21. The number of esters is 1. The lowest BCUT2D eigenvalue weighted by atomic mass is 9.90. The van der Waals surface area contributed by atoms with E-state index in [1.54, 1.807) is 24.3 Å². The predicted molar refractivity (Wildman–Crippen MR) is 260 cm³/mol. The molecule has 2 aliphatic rings. The number of ether oxygens (including phenoxy) is 3. The summed E-state index contributed by atoms with van der Waals surface area (Å²) in [5.74, 6) is -0.0310. The lowest BCUT2D eigenvalue weighted by molar-refractivity contribution is -0.108. The molecule has 0 atom stereocenters. The van der Waals surface area contributed by atoms with Gasteiger partial charge >= 0.3 is 11.9 Å². The van der Waals surface area contributed by atoms with E-state index in [0.717, 1.165) is 75.8 Å². The molecule has 2 aliphatic heterocycles. The summed E-state index contributed by atoms with van der Waals surface area (Å²) < 4.78 is 16.6. The molecule has 0 radical (unpaired) electrons. The normalized spacial score (nSPS) is 14.1. The summed E-state index contributed by atoms with van der Waals surface area (Å²) in [6.07, 6.45) is 5.01. The van der Waals surface area contributed by atoms with E-state index in [4.69, 9.17) is 37.8 Å². The Labute approximate surface area is 393 Å². The van der Waals surface area contributed by atoms with Crippen LogP contribution in [0.3, 0.4) is 0 Å². The number of aldehydes is 1. The molecule has 0 aromatic heterocycles. The Bertz CT molecular complexity index is 2280. The van der Waals surface area contributed by atoms with Crippen LogP contribution in [0, 0.1) is 0 Å². The summed E-state index contributed by atoms with van der Waals surface area (Å²) in [4.78, 5) is 36.0. The van der Waals surface area contributed by atoms with Crippen LogP contribution in [0.1, 0.15) is 87.9 Å². The lowest BCUT2D eigenvalue weighted by Crippen LogP contribution is -2.40. The third-order valence-electron chi connectivity index (χ3n) is 11.2. The van der Waals surface area contributed by atoms with Crippen LogP contribution in [0.15, 0.2) is 158 Å². The Kier molecular flexibility index (Phi) is 20.1. The van der Waals surface area contributed by atoms with Crippen molar-refractivity contribution >= 4 is 41.4 Å². The molecule has 2 N–H and O–H groups in total. The number of likely N-dealkylation sites (tertiary alicyclic amines) is 1. The van der Waals surface area contributed by atoms with Crippen molar-refractivity contribution in [2.45, 2.75) is 57.2 Å². The number of aromatic carboxylic acids is 1. The van der Waals surface area contributed by atoms with Gasteiger partial charge in [-0.05, 0) is 97.4 Å². The highest BCUT2D eigenvalue weighted by molar-refractivity contribution is 6.32. The van der Waals surface area contributed by atoms with E-state index in [0.29, 0.717) is 33.0 Å². The number of carboxylic acid groups (broad SMARTS) is 1. The topological polar surface area (TPSA) is 114 Å². The maximum absolute atomic E-state index is 11.3. The fraction of sp³-hybridized carbons (Fsp3) is 0.278. The first-order valence-electron chi connectivity index (χ1n) is 21.5. The van der Waals surface area contributed by atoms with Gasteiger partial charge in [0.2, 0.25) is 0 Å². The van der Waals surface area contributed by atoms with Crippen molar-refractivity contribution in [3.05, 3.63) is 201 Å². The number of methoxy groups -OCH3 is 1. The molecule has 2 saturated heterocycles. The van der Waals surface area contributed by atoms with Crippen molar-refractivity contribution < 1.29 is 33.7 Å². The van der Waals surface area contributed by atoms with E-state index in [2.05, 4.69) is 75.6 Å². The second kappa shape index (κ2) is 26.1. The molecule has 0 unspecified atom stereocenters. The number of hydrogen-bond acceptors (Lipinski definition) is 8. The highest BCUT2D eigenvalue weighted by atomic mass is 35.5. The molecule has 65 heavy (non-hydrogen) atoms. The molecule has 0 saturated carbocycles. The van der Waals surface area contributed by atoms with Gasteiger partial charge in [0.05, 0.1) is 34.2 Å². The number of hydrogen-bond donors (Lipinski definition) is 2. The van der Waals surface area contributed by atoms with Gasteiger partial charge in [-0.3, -0.25) is 0 Å². The minimum atomic E-state index is -0.992. The third kappa shape index (κ3) is 15.0. The Hall–Kier alpha value is -5.97. The van der Waals surface area contributed by atoms with Crippen molar-refractivity contribution in [3.63, 3.8) is 0 Å². The predicted octanol–water partition coefficient (Wildman–Crippen LogP) is 11.6. The van der Waals surface area contributed by atoms with Gasteiger partial charge in [-0.15, -0.1) is 0 Å². The minimum absolute atomic E-state index is 0. The second-order valence-electron chi connectivity index (χ2n) is 15.6. The molecule has 11 heteroatoms. The number of rotatable bonds is 13. The maximum Gasteiger partial charge on any atom is 0.337 e. The molecule has 0 amide bonds. The van der Waals surface area contributed by atoms with Crippen LogP contribution in [-0.4, -0.2) is 80.3 Å². The molecule has 340 valence electrons. The second-order valence-corrected chi connectivity index (χ2v) is 16.4. The van der Waals surface area contributed by atoms with Crippen LogP contribution in [0.5, 0.6) is 11.5 Å². The van der Waals surface area contributed by atoms with Crippen molar-refractivity contribution in [2.24, 2.45) is 0 Å². The van der Waals surface area contributed by atoms with Gasteiger partial charge in [-0.25, -0.2) is 9.59 Å². The fourth-order valence-electron chi connectivity index (χ4n) is 7.76. The average molecular weight is 918 g/mol. The quantitative estimate of drug-likeness (QED) is 0.0863. The van der Waals surface area contributed by atoms with Crippen molar-refractivity contribution in [1.82, 2.24) is 10.2 Å². The molecule has 6 aromatic rings. The van der Waals surface area contributed by atoms with E-state index in [1.165, 1.54) is 30.4 Å². The van der Waals surface area contributed by atoms with E-state index >= 15 is 0 Å². The Morgan fingerprint density at radius 1 is 0.646 bits per heavy atom. The lowest BCUT2D eigenvalue weighted by Gasteiger charge is -2.34. The Morgan fingerprint density at radius 3 is 1.48 bits per heavy atom. The number of benzene rings is 6. The number of nitrogens with zero attached hydrogens (tertiary/aromatic N) is 1. The SMILES string of the molecule is C.COC(=O)c1ccc(OC2CCNCC2)c(Cl)c1.O=C(O)c1ccc(OC2CCN(CC(c3ccccc3)c3ccccc3)CC2)c(Cl)c1.O=CC(c1ccccc1)c1ccccc1. The number of carboxylic acids is 1. The van der Waals surface area contributed by atoms with Crippen LogP contribution in [0.4, 0.5) is 0 Å². The first kappa shape index (κ1) is 50.0. The number of halogens is 2. The zero-order valence-corrected chi connectivity index (χ0v) is 37.4. The molecule has 9 nitrogen and oxygen atoms in total. The van der Waals surface area contributed by atoms with Gasteiger partial charge in [0.15, 0.2) is 0 Å². The van der Waals surface area contributed by atoms with E-state index in [-0.39, 0.29) is 31.1 Å². The summed E-state index contributed by atoms with van der Waals surface area (Å²) in [7, 11) is 1.34. The van der Waals surface area contributed by atoms with Crippen LogP contribution < -0.4 is 14.8 Å². The van der Waals surface area contributed by atoms with Crippen molar-refractivity contribution in [2.75, 3.05) is 39.8 Å². The third-order valence-corrected chi connectivity index (χ3v) is 11.8. The van der Waals surface area contributed by atoms with Crippen LogP contribution in [0.25, 0.3) is 0 Å². The highest BCUT2D eigenvalue weighted by Crippen LogP contribution is 2.31. The molecule has 0 spiro atoms. The standard InChI is InChI=1S/C26H26ClNO3.C14H12O.C13H16ClNO3.CH4/c27-24-17-21(26(29)30)11-12-25(24)31-22-13-15-28(16-14-22)18-23(19-7-3-1-4-8-19)20-9-5-2-6-10-20;15-11-14(12-7-3-1-4-8-12)13-9-5-2-6-10-13;1-17-13(16)9-2-3-12(11(14)8-9)18-10-4-6-15-7-5-10;/h1-12,17,22-23H,13-16,18H2,(H,29,30);1-11,14H;2-3,8,10,15H,4-7H2,1H3;1H4. The number of carbonyl (C=O) groups is 3. The monoisotopic (exact) mass is 916 g/mol. The van der Waals surface area contributed by atoms with Crippen LogP contribution in [-0.2, 0) is 9.53 Å². The van der Waals surface area contributed by atoms with Gasteiger partial charge in [-0.1, -0.05) is 152 Å². The first-order valence-corrected chi connectivity index (χ1v) is 22.3. The zero-order chi connectivity index (χ0) is 45.1. The summed E-state index contributed by atoms with van der Waals surface area (Å²) in [6.45, 7) is 4.79. The molecule has 0 bridgehead atoms. The number of carbonyl (C=O) groups excluding carboxylic acids is 2. The zero-order valence-electron chi connectivity index (χ0n) is 35.9. The Morgan fingerprint density at radius 2 is 1.06 bits per heavy atom. The van der Waals surface area contributed by atoms with E-state index < -0.39 is 11.9 Å². The molecular formula is C54H58Cl2N2O7. The van der Waals surface area contributed by atoms with E-state index in [9.17, 15) is 14.4 Å². The summed E-state index contributed by atoms with van der Waals surface area (Å²) in [5, 5.41) is 13.1. The van der Waals surface area contributed by atoms with Gasteiger partial charge in [-0.2, -0.15) is 0 Å². The molecule has 6 aromatic carbocycles. The highest BCUT2D eigenvalue weighted by Gasteiger charge is 2.25. The van der Waals surface area contributed by atoms with Gasteiger partial charge < -0.3 is 34.3 Å². The summed E-state index contributed by atoms with van der Waals surface area (Å²) >= 11 is 12.3. The van der Waals surface area contributed by atoms with Crippen molar-refractivity contribution in [1.29, 1.82) is 0 Å². The molecule has 2 heterocycles. The molecule has 2 fully saturated rings. The van der Waals surface area contributed by atoms with Crippen molar-refractivity contribution in [3.8, 4) is 11.5 Å². The van der Waals surface area contributed by atoms with Crippen LogP contribution >= 0.6 is 23.2 Å². The maximum atomic E-state index is 11.3. The van der Waals surface area contributed by atoms with Gasteiger partial charge in [0.1, 0.15) is 30.0 Å². The number of piperidine rings is 2. The van der Waals surface area contributed by atoms with Gasteiger partial charge in [0, 0.05) is 25.6 Å². The van der Waals surface area contributed by atoms with Crippen LogP contribution in [0.2, 0.25) is 10.0 Å². The Balaban J connectivity index is 0.000000198. The summed E-state index contributed by atoms with van der Waals surface area (Å²) in [6, 6.07) is 50.6. The molecule has 0 aliphatic carbocycles.